The molecule has 0 saturated carbocycles. The first-order valence-corrected chi connectivity index (χ1v) is 8.36. The monoisotopic (exact) mass is 306 g/mol. The zero-order valence-electron chi connectivity index (χ0n) is 13.9. The molecule has 0 N–H and O–H groups in total. The zero-order chi connectivity index (χ0) is 16.3. The molecule has 120 valence electrons. The van der Waals surface area contributed by atoms with Gasteiger partial charge in [-0.15, -0.1) is 0 Å². The van der Waals surface area contributed by atoms with E-state index in [1.54, 1.807) is 0 Å². The van der Waals surface area contributed by atoms with E-state index in [0.29, 0.717) is 6.61 Å². The quantitative estimate of drug-likeness (QED) is 0.501. The molecule has 1 heteroatoms. The van der Waals surface area contributed by atoms with E-state index in [2.05, 4.69) is 49.9 Å². The van der Waals surface area contributed by atoms with E-state index in [0.717, 1.165) is 6.42 Å². The van der Waals surface area contributed by atoms with Crippen molar-refractivity contribution >= 4 is 6.08 Å². The van der Waals surface area contributed by atoms with Crippen LogP contribution in [0.3, 0.4) is 0 Å². The molecule has 0 aliphatic rings. The lowest BCUT2D eigenvalue weighted by Gasteiger charge is -2.16. The molecule has 0 amide bonds. The molecule has 0 aromatic heterocycles. The molecular formula is C22H26O. The highest BCUT2D eigenvalue weighted by molar-refractivity contribution is 5.50. The zero-order valence-corrected chi connectivity index (χ0v) is 13.9. The fourth-order valence-electron chi connectivity index (χ4n) is 2.37. The van der Waals surface area contributed by atoms with Crippen molar-refractivity contribution in [1.82, 2.24) is 0 Å². The number of rotatable bonds is 9. The number of hydrogen-bond donors (Lipinski definition) is 0. The summed E-state index contributed by atoms with van der Waals surface area (Å²) < 4.78 is 6.12. The second-order valence-electron chi connectivity index (χ2n) is 5.77. The molecule has 2 rings (SSSR count). The van der Waals surface area contributed by atoms with Gasteiger partial charge in [0.15, 0.2) is 0 Å². The smallest absolute Gasteiger partial charge is 0.101 e. The molecule has 1 unspecified atom stereocenters. The fraction of sp³-hybridized carbons (Fsp3) is 0.273. The summed E-state index contributed by atoms with van der Waals surface area (Å²) in [7, 11) is 0. The topological polar surface area (TPSA) is 9.23 Å². The van der Waals surface area contributed by atoms with Crippen molar-refractivity contribution < 1.29 is 4.74 Å². The van der Waals surface area contributed by atoms with Gasteiger partial charge in [0.1, 0.15) is 6.10 Å². The van der Waals surface area contributed by atoms with Crippen LogP contribution in [0.15, 0.2) is 78.9 Å². The molecule has 2 aromatic rings. The number of benzene rings is 2. The van der Waals surface area contributed by atoms with E-state index < -0.39 is 0 Å². The molecule has 0 heterocycles. The van der Waals surface area contributed by atoms with Crippen molar-refractivity contribution in [2.45, 2.75) is 32.3 Å². The van der Waals surface area contributed by atoms with Gasteiger partial charge in [-0.3, -0.25) is 0 Å². The van der Waals surface area contributed by atoms with Crippen molar-refractivity contribution in [3.8, 4) is 0 Å². The third-order valence-corrected chi connectivity index (χ3v) is 3.74. The van der Waals surface area contributed by atoms with Crippen LogP contribution in [-0.2, 0) is 4.74 Å². The molecule has 1 atom stereocenters. The van der Waals surface area contributed by atoms with E-state index in [1.165, 1.54) is 29.5 Å². The van der Waals surface area contributed by atoms with Crippen molar-refractivity contribution in [2.75, 3.05) is 6.61 Å². The molecular weight excluding hydrogens is 280 g/mol. The van der Waals surface area contributed by atoms with Crippen LogP contribution in [0, 0.1) is 0 Å². The summed E-state index contributed by atoms with van der Waals surface area (Å²) in [5.41, 5.74) is 3.52. The van der Waals surface area contributed by atoms with E-state index in [4.69, 9.17) is 4.74 Å². The van der Waals surface area contributed by atoms with Crippen LogP contribution in [-0.4, -0.2) is 6.61 Å². The lowest BCUT2D eigenvalue weighted by Crippen LogP contribution is -2.04. The fourth-order valence-corrected chi connectivity index (χ4v) is 2.37. The minimum Gasteiger partial charge on any atom is -0.365 e. The summed E-state index contributed by atoms with van der Waals surface area (Å²) in [6.45, 7) is 6.93. The first-order valence-electron chi connectivity index (χ1n) is 8.36. The Labute approximate surface area is 140 Å². The van der Waals surface area contributed by atoms with Crippen LogP contribution in [0.4, 0.5) is 0 Å². The highest BCUT2D eigenvalue weighted by atomic mass is 16.5. The van der Waals surface area contributed by atoms with Crippen molar-refractivity contribution in [3.05, 3.63) is 90.0 Å². The Hall–Kier alpha value is -2.12. The van der Waals surface area contributed by atoms with Gasteiger partial charge in [0.2, 0.25) is 0 Å². The molecule has 0 aliphatic heterocycles. The minimum absolute atomic E-state index is 0.0465. The molecule has 0 radical (unpaired) electrons. The van der Waals surface area contributed by atoms with E-state index in [9.17, 15) is 0 Å². The largest absolute Gasteiger partial charge is 0.365 e. The molecule has 0 saturated heterocycles. The Morgan fingerprint density at radius 2 is 1.70 bits per heavy atom. The third kappa shape index (κ3) is 6.25. The van der Waals surface area contributed by atoms with Crippen molar-refractivity contribution in [1.29, 1.82) is 0 Å². The molecule has 0 fully saturated rings. The summed E-state index contributed by atoms with van der Waals surface area (Å²) in [6, 6.07) is 20.7. The van der Waals surface area contributed by atoms with Gasteiger partial charge >= 0.3 is 0 Å². The van der Waals surface area contributed by atoms with Crippen molar-refractivity contribution in [2.24, 2.45) is 0 Å². The molecule has 0 aliphatic carbocycles. The standard InChI is InChI=1S/C22H26O/c1-3-4-11-19(2)18-23-22(21-14-9-6-10-15-21)17-16-20-12-7-5-8-13-20/h5-10,12-17,22H,2-4,11,18H2,1H3/b17-16+. The highest BCUT2D eigenvalue weighted by Gasteiger charge is 2.08. The molecule has 0 spiro atoms. The maximum atomic E-state index is 6.12. The second kappa shape index (κ2) is 9.81. The van der Waals surface area contributed by atoms with Crippen LogP contribution >= 0.6 is 0 Å². The summed E-state index contributed by atoms with van der Waals surface area (Å²) >= 11 is 0. The summed E-state index contributed by atoms with van der Waals surface area (Å²) in [5, 5.41) is 0. The maximum absolute atomic E-state index is 6.12. The number of hydrogen-bond acceptors (Lipinski definition) is 1. The van der Waals surface area contributed by atoms with Gasteiger partial charge in [0, 0.05) is 0 Å². The molecule has 2 aromatic carbocycles. The average Bonchev–Trinajstić information content (AvgIpc) is 2.61. The Bertz CT molecular complexity index is 598. The second-order valence-corrected chi connectivity index (χ2v) is 5.77. The lowest BCUT2D eigenvalue weighted by molar-refractivity contribution is 0.103. The first-order chi connectivity index (χ1) is 11.3. The minimum atomic E-state index is -0.0465. The Morgan fingerprint density at radius 3 is 2.35 bits per heavy atom. The molecule has 1 nitrogen and oxygen atoms in total. The third-order valence-electron chi connectivity index (χ3n) is 3.74. The van der Waals surface area contributed by atoms with Crippen LogP contribution in [0.1, 0.15) is 43.4 Å². The van der Waals surface area contributed by atoms with Gasteiger partial charge in [0.05, 0.1) is 6.61 Å². The first kappa shape index (κ1) is 17.2. The maximum Gasteiger partial charge on any atom is 0.101 e. The van der Waals surface area contributed by atoms with Crippen LogP contribution in [0.2, 0.25) is 0 Å². The SMILES string of the molecule is C=C(CCCC)COC(/C=C/c1ccccc1)c1ccccc1. The van der Waals surface area contributed by atoms with Crippen LogP contribution < -0.4 is 0 Å². The van der Waals surface area contributed by atoms with Gasteiger partial charge < -0.3 is 4.74 Å². The molecule has 0 bridgehead atoms. The van der Waals surface area contributed by atoms with E-state index in [-0.39, 0.29) is 6.10 Å². The van der Waals surface area contributed by atoms with Gasteiger partial charge in [0.25, 0.3) is 0 Å². The predicted molar refractivity (Wildman–Crippen MR) is 99.3 cm³/mol. The van der Waals surface area contributed by atoms with E-state index >= 15 is 0 Å². The average molecular weight is 306 g/mol. The number of unbranched alkanes of at least 4 members (excludes halogenated alkanes) is 1. The predicted octanol–water partition coefficient (Wildman–Crippen LogP) is 6.20. The van der Waals surface area contributed by atoms with E-state index in [1.807, 2.05) is 36.4 Å². The lowest BCUT2D eigenvalue weighted by atomic mass is 10.1. The highest BCUT2D eigenvalue weighted by Crippen LogP contribution is 2.21. The van der Waals surface area contributed by atoms with Crippen LogP contribution in [0.25, 0.3) is 6.08 Å². The van der Waals surface area contributed by atoms with Crippen molar-refractivity contribution in [3.63, 3.8) is 0 Å². The normalized spacial score (nSPS) is 12.4. The summed E-state index contributed by atoms with van der Waals surface area (Å²) in [6.07, 6.45) is 7.60. The summed E-state index contributed by atoms with van der Waals surface area (Å²) in [5.74, 6) is 0. The Balaban J connectivity index is 2.04. The van der Waals surface area contributed by atoms with Gasteiger partial charge in [-0.25, -0.2) is 0 Å². The van der Waals surface area contributed by atoms with Gasteiger partial charge in [-0.05, 0) is 24.0 Å². The van der Waals surface area contributed by atoms with Gasteiger partial charge in [-0.2, -0.15) is 0 Å². The number of ether oxygens (including phenoxy) is 1. The Kier molecular flexibility index (Phi) is 7.35. The summed E-state index contributed by atoms with van der Waals surface area (Å²) in [4.78, 5) is 0. The van der Waals surface area contributed by atoms with Gasteiger partial charge in [-0.1, -0.05) is 98.3 Å². The Morgan fingerprint density at radius 1 is 1.04 bits per heavy atom. The molecule has 23 heavy (non-hydrogen) atoms. The van der Waals surface area contributed by atoms with Crippen LogP contribution in [0.5, 0.6) is 0 Å².